The van der Waals surface area contributed by atoms with Crippen LogP contribution < -0.4 is 5.32 Å². The summed E-state index contributed by atoms with van der Waals surface area (Å²) in [6, 6.07) is 2.24. The topological polar surface area (TPSA) is 24.9 Å². The van der Waals surface area contributed by atoms with E-state index in [1.807, 2.05) is 0 Å². The second kappa shape index (κ2) is 5.07. The molecule has 1 rings (SSSR count). The molecule has 1 aromatic rings. The summed E-state index contributed by atoms with van der Waals surface area (Å²) in [5.74, 6) is 0. The molecular formula is C10H15ClN2. The third-order valence-corrected chi connectivity index (χ3v) is 2.22. The van der Waals surface area contributed by atoms with Crippen molar-refractivity contribution in [3.05, 3.63) is 23.5 Å². The van der Waals surface area contributed by atoms with Crippen LogP contribution in [0.15, 0.2) is 18.5 Å². The van der Waals surface area contributed by atoms with Gasteiger partial charge in [-0.3, -0.25) is 4.98 Å². The summed E-state index contributed by atoms with van der Waals surface area (Å²) in [6.45, 7) is 4.32. The van der Waals surface area contributed by atoms with Crippen LogP contribution in [0, 0.1) is 0 Å². The van der Waals surface area contributed by atoms with Crippen molar-refractivity contribution in [2.45, 2.75) is 32.7 Å². The highest BCUT2D eigenvalue weighted by molar-refractivity contribution is 6.33. The quantitative estimate of drug-likeness (QED) is 0.803. The van der Waals surface area contributed by atoms with Gasteiger partial charge in [0, 0.05) is 12.2 Å². The van der Waals surface area contributed by atoms with Crippen LogP contribution in [0.2, 0.25) is 5.02 Å². The molecule has 0 saturated carbocycles. The van der Waals surface area contributed by atoms with E-state index < -0.39 is 0 Å². The number of nitrogens with one attached hydrogen (secondary N) is 1. The van der Waals surface area contributed by atoms with Gasteiger partial charge in [0.2, 0.25) is 0 Å². The Morgan fingerprint density at radius 2 is 2.38 bits per heavy atom. The van der Waals surface area contributed by atoms with Crippen LogP contribution in [0.25, 0.3) is 0 Å². The lowest BCUT2D eigenvalue weighted by atomic mass is 10.2. The fourth-order valence-electron chi connectivity index (χ4n) is 1.25. The lowest BCUT2D eigenvalue weighted by molar-refractivity contribution is 0.690. The van der Waals surface area contributed by atoms with Crippen molar-refractivity contribution in [1.29, 1.82) is 0 Å². The third kappa shape index (κ3) is 3.23. The standard InChI is InChI=1S/C10H15ClN2/c1-3-4-8(2)13-10-7-12-6-5-9(10)11/h5-8,13H,3-4H2,1-2H3. The van der Waals surface area contributed by atoms with Crippen LogP contribution in [0.3, 0.4) is 0 Å². The maximum absolute atomic E-state index is 5.97. The molecule has 1 unspecified atom stereocenters. The molecular weight excluding hydrogens is 184 g/mol. The number of aromatic nitrogens is 1. The van der Waals surface area contributed by atoms with Crippen LogP contribution in [-0.4, -0.2) is 11.0 Å². The van der Waals surface area contributed by atoms with Crippen LogP contribution >= 0.6 is 11.6 Å². The van der Waals surface area contributed by atoms with Crippen molar-refractivity contribution < 1.29 is 0 Å². The number of rotatable bonds is 4. The average molecular weight is 199 g/mol. The molecule has 0 radical (unpaired) electrons. The van der Waals surface area contributed by atoms with Gasteiger partial charge in [-0.05, 0) is 19.4 Å². The maximum Gasteiger partial charge on any atom is 0.0718 e. The van der Waals surface area contributed by atoms with Gasteiger partial charge in [-0.25, -0.2) is 0 Å². The number of halogens is 1. The van der Waals surface area contributed by atoms with Gasteiger partial charge in [0.25, 0.3) is 0 Å². The van der Waals surface area contributed by atoms with Crippen LogP contribution in [-0.2, 0) is 0 Å². The summed E-state index contributed by atoms with van der Waals surface area (Å²) in [6.07, 6.45) is 5.77. The third-order valence-electron chi connectivity index (χ3n) is 1.89. The zero-order valence-corrected chi connectivity index (χ0v) is 8.80. The summed E-state index contributed by atoms with van der Waals surface area (Å²) < 4.78 is 0. The summed E-state index contributed by atoms with van der Waals surface area (Å²) in [5, 5.41) is 4.05. The van der Waals surface area contributed by atoms with Crippen LogP contribution in [0.5, 0.6) is 0 Å². The van der Waals surface area contributed by atoms with E-state index in [4.69, 9.17) is 11.6 Å². The van der Waals surface area contributed by atoms with Crippen molar-refractivity contribution in [2.24, 2.45) is 0 Å². The van der Waals surface area contributed by atoms with Crippen molar-refractivity contribution >= 4 is 17.3 Å². The minimum Gasteiger partial charge on any atom is -0.380 e. The highest BCUT2D eigenvalue weighted by Gasteiger charge is 2.03. The second-order valence-electron chi connectivity index (χ2n) is 3.19. The predicted octanol–water partition coefficient (Wildman–Crippen LogP) is 3.34. The van der Waals surface area contributed by atoms with E-state index in [1.165, 1.54) is 6.42 Å². The molecule has 0 spiro atoms. The molecule has 72 valence electrons. The molecule has 0 amide bonds. The summed E-state index contributed by atoms with van der Waals surface area (Å²) >= 11 is 5.97. The van der Waals surface area contributed by atoms with E-state index >= 15 is 0 Å². The Balaban J connectivity index is 2.58. The number of nitrogens with zero attached hydrogens (tertiary/aromatic N) is 1. The minimum atomic E-state index is 0.451. The number of anilines is 1. The fourth-order valence-corrected chi connectivity index (χ4v) is 1.41. The predicted molar refractivity (Wildman–Crippen MR) is 57.2 cm³/mol. The van der Waals surface area contributed by atoms with E-state index in [0.29, 0.717) is 6.04 Å². The Hall–Kier alpha value is -0.760. The van der Waals surface area contributed by atoms with E-state index in [2.05, 4.69) is 24.1 Å². The van der Waals surface area contributed by atoms with E-state index in [9.17, 15) is 0 Å². The molecule has 2 nitrogen and oxygen atoms in total. The fraction of sp³-hybridized carbons (Fsp3) is 0.500. The molecule has 13 heavy (non-hydrogen) atoms. The molecule has 0 aliphatic carbocycles. The number of hydrogen-bond donors (Lipinski definition) is 1. The van der Waals surface area contributed by atoms with Gasteiger partial charge in [0.1, 0.15) is 0 Å². The Labute approximate surface area is 84.3 Å². The van der Waals surface area contributed by atoms with Gasteiger partial charge in [-0.15, -0.1) is 0 Å². The molecule has 0 aliphatic rings. The average Bonchev–Trinajstić information content (AvgIpc) is 2.09. The monoisotopic (exact) mass is 198 g/mol. The van der Waals surface area contributed by atoms with Gasteiger partial charge >= 0.3 is 0 Å². The molecule has 0 bridgehead atoms. The van der Waals surface area contributed by atoms with E-state index in [-0.39, 0.29) is 0 Å². The highest BCUT2D eigenvalue weighted by atomic mass is 35.5. The van der Waals surface area contributed by atoms with Crippen molar-refractivity contribution in [3.8, 4) is 0 Å². The summed E-state index contributed by atoms with van der Waals surface area (Å²) in [7, 11) is 0. The second-order valence-corrected chi connectivity index (χ2v) is 3.60. The molecule has 1 heterocycles. The van der Waals surface area contributed by atoms with Gasteiger partial charge in [0.05, 0.1) is 16.9 Å². The largest absolute Gasteiger partial charge is 0.380 e. The first-order valence-electron chi connectivity index (χ1n) is 4.60. The molecule has 1 aromatic heterocycles. The minimum absolute atomic E-state index is 0.451. The Morgan fingerprint density at radius 1 is 1.62 bits per heavy atom. The molecule has 3 heteroatoms. The molecule has 0 fully saturated rings. The molecule has 0 aliphatic heterocycles. The normalized spacial score (nSPS) is 12.5. The smallest absolute Gasteiger partial charge is 0.0718 e. The van der Waals surface area contributed by atoms with Crippen LogP contribution in [0.1, 0.15) is 26.7 Å². The Kier molecular flexibility index (Phi) is 4.03. The first-order valence-corrected chi connectivity index (χ1v) is 4.98. The maximum atomic E-state index is 5.97. The Bertz CT molecular complexity index is 263. The number of hydrogen-bond acceptors (Lipinski definition) is 2. The van der Waals surface area contributed by atoms with Crippen molar-refractivity contribution in [1.82, 2.24) is 4.98 Å². The lowest BCUT2D eigenvalue weighted by Crippen LogP contribution is -2.14. The highest BCUT2D eigenvalue weighted by Crippen LogP contribution is 2.20. The Morgan fingerprint density at radius 3 is 3.00 bits per heavy atom. The summed E-state index contributed by atoms with van der Waals surface area (Å²) in [4.78, 5) is 4.01. The van der Waals surface area contributed by atoms with Crippen LogP contribution in [0.4, 0.5) is 5.69 Å². The molecule has 0 saturated heterocycles. The molecule has 1 atom stereocenters. The first-order chi connectivity index (χ1) is 6.24. The molecule has 1 N–H and O–H groups in total. The number of pyridine rings is 1. The van der Waals surface area contributed by atoms with Crippen molar-refractivity contribution in [2.75, 3.05) is 5.32 Å². The van der Waals surface area contributed by atoms with E-state index in [0.717, 1.165) is 17.1 Å². The van der Waals surface area contributed by atoms with Crippen molar-refractivity contribution in [3.63, 3.8) is 0 Å². The van der Waals surface area contributed by atoms with Gasteiger partial charge in [-0.1, -0.05) is 24.9 Å². The first kappa shape index (κ1) is 10.3. The van der Waals surface area contributed by atoms with Gasteiger partial charge < -0.3 is 5.32 Å². The lowest BCUT2D eigenvalue weighted by Gasteiger charge is -2.14. The van der Waals surface area contributed by atoms with E-state index in [1.54, 1.807) is 18.5 Å². The van der Waals surface area contributed by atoms with Gasteiger partial charge in [-0.2, -0.15) is 0 Å². The zero-order valence-electron chi connectivity index (χ0n) is 8.05. The SMILES string of the molecule is CCCC(C)Nc1cnccc1Cl. The summed E-state index contributed by atoms with van der Waals surface area (Å²) in [5.41, 5.74) is 0.921. The zero-order chi connectivity index (χ0) is 9.68. The van der Waals surface area contributed by atoms with Gasteiger partial charge in [0.15, 0.2) is 0 Å². The molecule has 0 aromatic carbocycles.